The second-order valence-electron chi connectivity index (χ2n) is 6.15. The molecule has 0 aromatic carbocycles. The lowest BCUT2D eigenvalue weighted by atomic mass is 10.0. The van der Waals surface area contributed by atoms with Gasteiger partial charge in [0.15, 0.2) is 0 Å². The van der Waals surface area contributed by atoms with E-state index in [2.05, 4.69) is 26.1 Å². The molecule has 2 atom stereocenters. The number of esters is 1. The maximum Gasteiger partial charge on any atom is 0.350 e. The normalized spacial score (nSPS) is 17.3. The molecule has 1 saturated carbocycles. The summed E-state index contributed by atoms with van der Waals surface area (Å²) >= 11 is 1.44. The van der Waals surface area contributed by atoms with Crippen LogP contribution in [0.15, 0.2) is 0 Å². The van der Waals surface area contributed by atoms with Gasteiger partial charge in [-0.2, -0.15) is 0 Å². The summed E-state index contributed by atoms with van der Waals surface area (Å²) < 4.78 is 4.84. The molecule has 1 aliphatic carbocycles. The van der Waals surface area contributed by atoms with E-state index in [0.717, 1.165) is 29.8 Å². The number of nitrogens with two attached hydrogens (primary N) is 1. The third-order valence-electron chi connectivity index (χ3n) is 4.17. The van der Waals surface area contributed by atoms with Crippen LogP contribution in [0.25, 0.3) is 0 Å². The van der Waals surface area contributed by atoms with E-state index < -0.39 is 0 Å². The number of nitrogen functional groups attached to an aromatic ring is 1. The minimum Gasteiger partial charge on any atom is -0.465 e. The van der Waals surface area contributed by atoms with Gasteiger partial charge in [-0.05, 0) is 38.0 Å². The molecule has 1 aromatic heterocycles. The van der Waals surface area contributed by atoms with Crippen LogP contribution < -0.4 is 11.1 Å². The summed E-state index contributed by atoms with van der Waals surface area (Å²) in [7, 11) is 1.40. The number of carbonyl (C=O) groups is 1. The predicted molar refractivity (Wildman–Crippen MR) is 89.2 cm³/mol. The Labute approximate surface area is 131 Å². The zero-order valence-electron chi connectivity index (χ0n) is 13.4. The number of rotatable bonds is 7. The molecule has 5 heteroatoms. The molecule has 0 bridgehead atoms. The van der Waals surface area contributed by atoms with E-state index in [-0.39, 0.29) is 5.97 Å². The number of hydrogen-bond donors (Lipinski definition) is 2. The first kappa shape index (κ1) is 16.1. The van der Waals surface area contributed by atoms with Crippen molar-refractivity contribution in [3.05, 3.63) is 10.4 Å². The average molecular weight is 310 g/mol. The summed E-state index contributed by atoms with van der Waals surface area (Å²) in [5.41, 5.74) is 7.95. The first-order valence-corrected chi connectivity index (χ1v) is 8.56. The summed E-state index contributed by atoms with van der Waals surface area (Å²) in [6, 6.07) is 0.376. The summed E-state index contributed by atoms with van der Waals surface area (Å²) in [4.78, 5) is 12.4. The number of methoxy groups -OCH3 is 1. The van der Waals surface area contributed by atoms with Crippen molar-refractivity contribution in [1.82, 2.24) is 0 Å². The van der Waals surface area contributed by atoms with E-state index in [1.807, 2.05) is 0 Å². The predicted octanol–water partition coefficient (Wildman–Crippen LogP) is 4.23. The van der Waals surface area contributed by atoms with Crippen molar-refractivity contribution >= 4 is 28.0 Å². The molecule has 0 radical (unpaired) electrons. The molecule has 1 aliphatic rings. The Balaban J connectivity index is 2.19. The van der Waals surface area contributed by atoms with Crippen LogP contribution >= 0.6 is 11.3 Å². The molecule has 2 unspecified atom stereocenters. The second-order valence-corrected chi connectivity index (χ2v) is 7.17. The van der Waals surface area contributed by atoms with Gasteiger partial charge in [-0.1, -0.05) is 20.3 Å². The summed E-state index contributed by atoms with van der Waals surface area (Å²) in [5, 5.41) is 4.63. The van der Waals surface area contributed by atoms with Gasteiger partial charge in [-0.3, -0.25) is 0 Å². The van der Waals surface area contributed by atoms with E-state index in [1.54, 1.807) is 0 Å². The maximum atomic E-state index is 11.8. The van der Waals surface area contributed by atoms with E-state index in [4.69, 9.17) is 10.5 Å². The molecule has 1 fully saturated rings. The third kappa shape index (κ3) is 3.70. The first-order chi connectivity index (χ1) is 9.97. The van der Waals surface area contributed by atoms with Crippen LogP contribution in [0.4, 0.5) is 10.7 Å². The van der Waals surface area contributed by atoms with Gasteiger partial charge in [0.1, 0.15) is 4.88 Å². The Morgan fingerprint density at radius 2 is 2.14 bits per heavy atom. The van der Waals surface area contributed by atoms with Gasteiger partial charge < -0.3 is 15.8 Å². The van der Waals surface area contributed by atoms with Crippen molar-refractivity contribution in [1.29, 1.82) is 0 Å². The highest BCUT2D eigenvalue weighted by atomic mass is 32.1. The molecule has 0 aliphatic heterocycles. The Morgan fingerprint density at radius 3 is 2.67 bits per heavy atom. The van der Waals surface area contributed by atoms with Crippen LogP contribution in [-0.4, -0.2) is 19.1 Å². The van der Waals surface area contributed by atoms with Crippen molar-refractivity contribution in [3.8, 4) is 0 Å². The molecular weight excluding hydrogens is 284 g/mol. The highest BCUT2D eigenvalue weighted by molar-refractivity contribution is 7.18. The molecule has 118 valence electrons. The Kier molecular flexibility index (Phi) is 5.14. The first-order valence-electron chi connectivity index (χ1n) is 7.74. The van der Waals surface area contributed by atoms with Gasteiger partial charge in [-0.15, -0.1) is 11.3 Å². The average Bonchev–Trinajstić information content (AvgIpc) is 3.23. The van der Waals surface area contributed by atoms with Crippen LogP contribution in [-0.2, 0) is 4.74 Å². The molecule has 0 spiro atoms. The Hall–Kier alpha value is -1.23. The third-order valence-corrected chi connectivity index (χ3v) is 5.30. The standard InChI is InChI=1S/C16H26N2O2S/c1-5-9(2)8-10(3)18-15-12(11-6-7-11)13(17)14(21-15)16(19)20-4/h9-11,18H,5-8,17H2,1-4H3. The summed E-state index contributed by atoms with van der Waals surface area (Å²) in [6.45, 7) is 6.67. The van der Waals surface area contributed by atoms with Crippen molar-refractivity contribution in [2.24, 2.45) is 5.92 Å². The fraction of sp³-hybridized carbons (Fsp3) is 0.688. The van der Waals surface area contributed by atoms with Gasteiger partial charge >= 0.3 is 5.97 Å². The van der Waals surface area contributed by atoms with Gasteiger partial charge in [0.25, 0.3) is 0 Å². The fourth-order valence-corrected chi connectivity index (χ4v) is 3.88. The van der Waals surface area contributed by atoms with E-state index in [9.17, 15) is 4.79 Å². The van der Waals surface area contributed by atoms with Crippen molar-refractivity contribution in [2.75, 3.05) is 18.2 Å². The van der Waals surface area contributed by atoms with Gasteiger partial charge in [0, 0.05) is 11.6 Å². The van der Waals surface area contributed by atoms with Crippen molar-refractivity contribution in [3.63, 3.8) is 0 Å². The van der Waals surface area contributed by atoms with Gasteiger partial charge in [-0.25, -0.2) is 4.79 Å². The highest BCUT2D eigenvalue weighted by Crippen LogP contribution is 2.51. The lowest BCUT2D eigenvalue weighted by Crippen LogP contribution is -2.18. The maximum absolute atomic E-state index is 11.8. The monoisotopic (exact) mass is 310 g/mol. The molecule has 4 nitrogen and oxygen atoms in total. The molecule has 3 N–H and O–H groups in total. The largest absolute Gasteiger partial charge is 0.465 e. The van der Waals surface area contributed by atoms with Crippen LogP contribution in [0.5, 0.6) is 0 Å². The molecule has 0 amide bonds. The Bertz CT molecular complexity index is 509. The van der Waals surface area contributed by atoms with Gasteiger partial charge in [0.05, 0.1) is 17.8 Å². The van der Waals surface area contributed by atoms with Crippen LogP contribution in [0.2, 0.25) is 0 Å². The number of hydrogen-bond acceptors (Lipinski definition) is 5. The number of nitrogens with one attached hydrogen (secondary N) is 1. The molecule has 1 heterocycles. The molecular formula is C16H26N2O2S. The molecule has 1 aromatic rings. The lowest BCUT2D eigenvalue weighted by molar-refractivity contribution is 0.0607. The number of ether oxygens (including phenoxy) is 1. The van der Waals surface area contributed by atoms with Crippen LogP contribution in [0.1, 0.15) is 67.6 Å². The number of thiophene rings is 1. The zero-order valence-corrected chi connectivity index (χ0v) is 14.2. The minimum atomic E-state index is -0.331. The number of anilines is 2. The van der Waals surface area contributed by atoms with Crippen molar-refractivity contribution < 1.29 is 9.53 Å². The fourth-order valence-electron chi connectivity index (χ4n) is 2.64. The number of carbonyl (C=O) groups excluding carboxylic acids is 1. The van der Waals surface area contributed by atoms with E-state index in [0.29, 0.717) is 28.4 Å². The highest BCUT2D eigenvalue weighted by Gasteiger charge is 2.33. The topological polar surface area (TPSA) is 64.3 Å². The van der Waals surface area contributed by atoms with Crippen molar-refractivity contribution in [2.45, 2.75) is 58.4 Å². The molecule has 21 heavy (non-hydrogen) atoms. The second kappa shape index (κ2) is 6.69. The molecule has 2 rings (SSSR count). The lowest BCUT2D eigenvalue weighted by Gasteiger charge is -2.18. The molecule has 0 saturated heterocycles. The SMILES string of the molecule is CCC(C)CC(C)Nc1sc(C(=O)OC)c(N)c1C1CC1. The minimum absolute atomic E-state index is 0.331. The zero-order chi connectivity index (χ0) is 15.6. The van der Waals surface area contributed by atoms with E-state index >= 15 is 0 Å². The van der Waals surface area contributed by atoms with Gasteiger partial charge in [0.2, 0.25) is 0 Å². The van der Waals surface area contributed by atoms with Crippen LogP contribution in [0.3, 0.4) is 0 Å². The smallest absolute Gasteiger partial charge is 0.350 e. The summed E-state index contributed by atoms with van der Waals surface area (Å²) in [6.07, 6.45) is 4.62. The summed E-state index contributed by atoms with van der Waals surface area (Å²) in [5.74, 6) is 0.870. The van der Waals surface area contributed by atoms with E-state index in [1.165, 1.54) is 24.9 Å². The Morgan fingerprint density at radius 1 is 1.48 bits per heavy atom. The quantitative estimate of drug-likeness (QED) is 0.740. The van der Waals surface area contributed by atoms with Crippen LogP contribution in [0, 0.1) is 5.92 Å².